The Labute approximate surface area is 287 Å². The minimum Gasteiger partial charge on any atom is -0.367 e. The van der Waals surface area contributed by atoms with E-state index in [0.29, 0.717) is 31.2 Å². The molecule has 0 fully saturated rings. The fourth-order valence-electron chi connectivity index (χ4n) is 5.64. The van der Waals surface area contributed by atoms with Crippen LogP contribution in [0.1, 0.15) is 36.1 Å². The van der Waals surface area contributed by atoms with Gasteiger partial charge in [0.2, 0.25) is 0 Å². The van der Waals surface area contributed by atoms with E-state index in [1.807, 2.05) is 98.8 Å². The van der Waals surface area contributed by atoms with Crippen molar-refractivity contribution in [3.63, 3.8) is 0 Å². The molecule has 4 aromatic rings. The maximum absolute atomic E-state index is 11.7. The second kappa shape index (κ2) is 14.8. The molecule has 0 saturated heterocycles. The highest BCUT2D eigenvalue weighted by Gasteiger charge is 2.19. The van der Waals surface area contributed by atoms with E-state index in [-0.39, 0.29) is 9.79 Å². The molecule has 0 radical (unpaired) electrons. The number of hydrogen-bond acceptors (Lipinski definition) is 5. The molecule has 4 aromatic carbocycles. The van der Waals surface area contributed by atoms with E-state index in [4.69, 9.17) is 11.6 Å². The molecule has 1 aliphatic rings. The zero-order valence-electron chi connectivity index (χ0n) is 26.5. The highest BCUT2D eigenvalue weighted by Crippen LogP contribution is 2.35. The molecule has 0 heterocycles. The van der Waals surface area contributed by atoms with Crippen molar-refractivity contribution in [1.82, 2.24) is 0 Å². The van der Waals surface area contributed by atoms with Crippen molar-refractivity contribution in [3.8, 4) is 0 Å². The predicted octanol–water partition coefficient (Wildman–Crippen LogP) is 7.46. The molecule has 8 nitrogen and oxygen atoms in total. The van der Waals surface area contributed by atoms with Gasteiger partial charge >= 0.3 is 0 Å². The molecule has 48 heavy (non-hydrogen) atoms. The average molecular weight is 704 g/mol. The van der Waals surface area contributed by atoms with Crippen molar-refractivity contribution in [2.24, 2.45) is 0 Å². The summed E-state index contributed by atoms with van der Waals surface area (Å²) in [5.74, 6) is 0. The van der Waals surface area contributed by atoms with Crippen molar-refractivity contribution in [3.05, 3.63) is 154 Å². The van der Waals surface area contributed by atoms with Gasteiger partial charge in [0.1, 0.15) is 6.54 Å². The molecule has 0 atom stereocenters. The van der Waals surface area contributed by atoms with Crippen molar-refractivity contribution in [1.29, 1.82) is 0 Å². The van der Waals surface area contributed by atoms with Crippen molar-refractivity contribution >= 4 is 48.8 Å². The molecule has 248 valence electrons. The topological polar surface area (TPSA) is 115 Å². The summed E-state index contributed by atoms with van der Waals surface area (Å²) in [5, 5.41) is 0.614. The lowest BCUT2D eigenvalue weighted by Crippen LogP contribution is -2.22. The summed E-state index contributed by atoms with van der Waals surface area (Å²) < 4.78 is 67.7. The molecule has 0 saturated carbocycles. The van der Waals surface area contributed by atoms with E-state index in [2.05, 4.69) is 9.48 Å². The van der Waals surface area contributed by atoms with Crippen molar-refractivity contribution in [2.45, 2.75) is 36.7 Å². The van der Waals surface area contributed by atoms with E-state index in [1.54, 1.807) is 12.1 Å². The minimum absolute atomic E-state index is 0.134. The summed E-state index contributed by atoms with van der Waals surface area (Å²) >= 11 is 6.74. The van der Waals surface area contributed by atoms with Crippen LogP contribution in [0.5, 0.6) is 0 Å². The Kier molecular flexibility index (Phi) is 10.8. The molecular weight excluding hydrogens is 668 g/mol. The highest BCUT2D eigenvalue weighted by atomic mass is 35.5. The minimum atomic E-state index is -4.30. The number of halogens is 1. The SMILES string of the molecule is CCN(Cc1cccc(S(=O)(=O)O)c1)c1ccc(C(=C2C=CC(=[N+](CC)Cc3cccc(S(=O)(=O)O)c3)C=C2)c2ccccc2Cl)cc1. The second-order valence-corrected chi connectivity index (χ2v) is 14.5. The van der Waals surface area contributed by atoms with Crippen LogP contribution >= 0.6 is 11.6 Å². The molecular formula is C37H36ClN2O6S2+. The smallest absolute Gasteiger partial charge is 0.294 e. The third-order valence-corrected chi connectivity index (χ3v) is 10.1. The Morgan fingerprint density at radius 1 is 0.729 bits per heavy atom. The van der Waals surface area contributed by atoms with Crippen LogP contribution in [0.4, 0.5) is 5.69 Å². The Morgan fingerprint density at radius 2 is 1.31 bits per heavy atom. The van der Waals surface area contributed by atoms with Crippen LogP contribution in [0.2, 0.25) is 5.02 Å². The zero-order valence-corrected chi connectivity index (χ0v) is 28.9. The van der Waals surface area contributed by atoms with Gasteiger partial charge in [-0.1, -0.05) is 66.2 Å². The number of allylic oxidation sites excluding steroid dienone is 5. The molecule has 0 spiro atoms. The molecule has 11 heteroatoms. The van der Waals surface area contributed by atoms with Gasteiger partial charge in [0, 0.05) is 47.1 Å². The number of benzene rings is 4. The van der Waals surface area contributed by atoms with Gasteiger partial charge in [-0.2, -0.15) is 16.8 Å². The molecule has 0 amide bonds. The molecule has 0 bridgehead atoms. The van der Waals surface area contributed by atoms with Crippen molar-refractivity contribution < 1.29 is 30.5 Å². The highest BCUT2D eigenvalue weighted by molar-refractivity contribution is 7.86. The number of nitrogens with zero attached hydrogens (tertiary/aromatic N) is 2. The van der Waals surface area contributed by atoms with Crippen LogP contribution in [0.15, 0.2) is 137 Å². The fraction of sp³-hybridized carbons (Fsp3) is 0.162. The van der Waals surface area contributed by atoms with Gasteiger partial charge in [-0.15, -0.1) is 0 Å². The number of hydrogen-bond donors (Lipinski definition) is 2. The van der Waals surface area contributed by atoms with Crippen molar-refractivity contribution in [2.75, 3.05) is 18.0 Å². The zero-order chi connectivity index (χ0) is 34.5. The predicted molar refractivity (Wildman–Crippen MR) is 191 cm³/mol. The quantitative estimate of drug-likeness (QED) is 0.123. The Bertz CT molecular complexity index is 2150. The van der Waals surface area contributed by atoms with Crippen LogP contribution in [-0.2, 0) is 33.3 Å². The second-order valence-electron chi connectivity index (χ2n) is 11.2. The van der Waals surface area contributed by atoms with Gasteiger partial charge in [0.25, 0.3) is 20.2 Å². The number of rotatable bonds is 11. The Balaban J connectivity index is 1.47. The normalized spacial score (nSPS) is 13.1. The van der Waals surface area contributed by atoms with E-state index >= 15 is 0 Å². The molecule has 5 rings (SSSR count). The molecule has 0 aliphatic heterocycles. The third kappa shape index (κ3) is 8.39. The first kappa shape index (κ1) is 35.0. The standard InChI is InChI=1S/C37H35ClN2O6S2/c1-3-39(25-27-9-7-11-33(23-27)47(41,42)43)31-19-15-29(16-20-31)37(35-13-5-6-14-36(35)38)30-17-21-32(22-18-30)40(4-2)26-28-10-8-12-34(24-28)48(44,45)46/h5-24H,3-4,25-26H2,1-2H3,(H-,41,42,43,44,45,46)/p+1. The fourth-order valence-corrected chi connectivity index (χ4v) is 6.97. The third-order valence-electron chi connectivity index (χ3n) is 8.09. The molecule has 0 unspecified atom stereocenters. The van der Waals surface area contributed by atoms with Gasteiger partial charge in [-0.05, 0) is 90.7 Å². The van der Waals surface area contributed by atoms with E-state index in [1.165, 1.54) is 24.3 Å². The summed E-state index contributed by atoms with van der Waals surface area (Å²) in [6.45, 7) is 6.30. The average Bonchev–Trinajstić information content (AvgIpc) is 3.07. The van der Waals surface area contributed by atoms with Crippen LogP contribution in [0.25, 0.3) is 5.57 Å². The Morgan fingerprint density at radius 3 is 1.88 bits per heavy atom. The molecule has 1 aliphatic carbocycles. The monoisotopic (exact) mass is 703 g/mol. The first-order valence-corrected chi connectivity index (χ1v) is 18.6. The Hall–Kier alpha value is -4.32. The molecule has 0 aromatic heterocycles. The first-order valence-electron chi connectivity index (χ1n) is 15.3. The largest absolute Gasteiger partial charge is 0.367 e. The van der Waals surface area contributed by atoms with Crippen LogP contribution < -0.4 is 4.90 Å². The summed E-state index contributed by atoms with van der Waals surface area (Å²) in [5.41, 5.74) is 7.15. The lowest BCUT2D eigenvalue weighted by Gasteiger charge is -2.24. The van der Waals surface area contributed by atoms with E-state index < -0.39 is 20.2 Å². The van der Waals surface area contributed by atoms with Crippen LogP contribution in [0, 0.1) is 0 Å². The van der Waals surface area contributed by atoms with E-state index in [0.717, 1.165) is 44.8 Å². The lowest BCUT2D eigenvalue weighted by molar-refractivity contribution is -0.539. The lowest BCUT2D eigenvalue weighted by atomic mass is 9.90. The van der Waals surface area contributed by atoms with Gasteiger partial charge in [0.05, 0.1) is 9.79 Å². The summed E-state index contributed by atoms with van der Waals surface area (Å²) in [7, 11) is -8.59. The van der Waals surface area contributed by atoms with Crippen LogP contribution in [0.3, 0.4) is 0 Å². The van der Waals surface area contributed by atoms with Gasteiger partial charge in [-0.25, -0.2) is 4.58 Å². The maximum Gasteiger partial charge on any atom is 0.294 e. The summed E-state index contributed by atoms with van der Waals surface area (Å²) in [4.78, 5) is 1.84. The van der Waals surface area contributed by atoms with Gasteiger partial charge < -0.3 is 4.90 Å². The van der Waals surface area contributed by atoms with Gasteiger partial charge in [-0.3, -0.25) is 9.11 Å². The first-order chi connectivity index (χ1) is 22.9. The summed E-state index contributed by atoms with van der Waals surface area (Å²) in [6.07, 6.45) is 8.13. The maximum atomic E-state index is 11.7. The van der Waals surface area contributed by atoms with E-state index in [9.17, 15) is 25.9 Å². The van der Waals surface area contributed by atoms with Crippen LogP contribution in [-0.4, -0.2) is 49.3 Å². The molecule has 2 N–H and O–H groups in total. The number of anilines is 1. The summed E-state index contributed by atoms with van der Waals surface area (Å²) in [6, 6.07) is 28.4. The van der Waals surface area contributed by atoms with Gasteiger partial charge in [0.15, 0.2) is 12.3 Å².